The Morgan fingerprint density at radius 2 is 1.90 bits per heavy atom. The zero-order valence-electron chi connectivity index (χ0n) is 12.1. The van der Waals surface area contributed by atoms with Crippen LogP contribution in [0.4, 0.5) is 0 Å². The van der Waals surface area contributed by atoms with Crippen molar-refractivity contribution in [3.05, 3.63) is 28.8 Å². The van der Waals surface area contributed by atoms with Crippen molar-refractivity contribution < 1.29 is 13.2 Å². The van der Waals surface area contributed by atoms with Crippen LogP contribution in [0.1, 0.15) is 32.3 Å². The van der Waals surface area contributed by atoms with E-state index in [1.807, 2.05) is 26.8 Å². The second kappa shape index (κ2) is 6.78. The first-order valence-corrected chi connectivity index (χ1v) is 8.70. The molecule has 2 N–H and O–H groups in total. The third-order valence-corrected chi connectivity index (χ3v) is 4.94. The molecule has 1 aromatic rings. The lowest BCUT2D eigenvalue weighted by molar-refractivity contribution is 0.154. The zero-order chi connectivity index (χ0) is 15.4. The summed E-state index contributed by atoms with van der Waals surface area (Å²) in [5.74, 6) is 0.602. The minimum atomic E-state index is -3.53. The summed E-state index contributed by atoms with van der Waals surface area (Å²) in [6.45, 7) is 6.12. The van der Waals surface area contributed by atoms with Gasteiger partial charge in [-0.05, 0) is 37.5 Å². The van der Waals surface area contributed by atoms with Gasteiger partial charge in [0.15, 0.2) is 0 Å². The van der Waals surface area contributed by atoms with Crippen molar-refractivity contribution in [3.63, 3.8) is 0 Å². The molecule has 0 aromatic heterocycles. The van der Waals surface area contributed by atoms with Crippen LogP contribution in [0.15, 0.2) is 18.2 Å². The topological polar surface area (TPSA) is 69.4 Å². The first kappa shape index (κ1) is 17.3. The predicted octanol–water partition coefficient (Wildman–Crippen LogP) is 3.12. The lowest BCUT2D eigenvalue weighted by atomic mass is 9.85. The maximum absolute atomic E-state index is 11.4. The van der Waals surface area contributed by atoms with Gasteiger partial charge in [-0.15, -0.1) is 0 Å². The first-order valence-electron chi connectivity index (χ1n) is 6.61. The molecule has 0 saturated heterocycles. The van der Waals surface area contributed by atoms with Crippen LogP contribution in [0.5, 0.6) is 5.75 Å². The van der Waals surface area contributed by atoms with Gasteiger partial charge in [0.25, 0.3) is 0 Å². The quantitative estimate of drug-likeness (QED) is 0.839. The first-order chi connectivity index (χ1) is 9.21. The number of nitrogens with two attached hydrogens (primary N) is 1. The van der Waals surface area contributed by atoms with Crippen molar-refractivity contribution in [3.8, 4) is 5.75 Å². The fourth-order valence-electron chi connectivity index (χ4n) is 2.09. The van der Waals surface area contributed by atoms with E-state index in [1.165, 1.54) is 0 Å². The zero-order valence-corrected chi connectivity index (χ0v) is 13.7. The van der Waals surface area contributed by atoms with Gasteiger partial charge in [0, 0.05) is 10.4 Å². The SMILES string of the molecule is CCC(CC)(COc1cc(Cl)ccc1C)CS(N)(=O)=O. The van der Waals surface area contributed by atoms with E-state index in [9.17, 15) is 8.42 Å². The molecule has 0 bridgehead atoms. The van der Waals surface area contributed by atoms with Crippen molar-refractivity contribution in [2.24, 2.45) is 10.6 Å². The van der Waals surface area contributed by atoms with Crippen LogP contribution in [0.3, 0.4) is 0 Å². The van der Waals surface area contributed by atoms with Gasteiger partial charge in [0.05, 0.1) is 12.4 Å². The number of ether oxygens (including phenoxy) is 1. The average Bonchev–Trinajstić information content (AvgIpc) is 2.37. The number of halogens is 1. The summed E-state index contributed by atoms with van der Waals surface area (Å²) in [6.07, 6.45) is 1.36. The lowest BCUT2D eigenvalue weighted by Crippen LogP contribution is -2.37. The maximum atomic E-state index is 11.4. The van der Waals surface area contributed by atoms with Crippen LogP contribution in [0.25, 0.3) is 0 Å². The van der Waals surface area contributed by atoms with Crippen LogP contribution in [-0.2, 0) is 10.0 Å². The Morgan fingerprint density at radius 1 is 1.30 bits per heavy atom. The molecule has 1 rings (SSSR count). The highest BCUT2D eigenvalue weighted by Crippen LogP contribution is 2.30. The monoisotopic (exact) mass is 319 g/mol. The number of hydrogen-bond acceptors (Lipinski definition) is 3. The maximum Gasteiger partial charge on any atom is 0.209 e. The molecule has 6 heteroatoms. The Hall–Kier alpha value is -0.780. The summed E-state index contributed by atoms with van der Waals surface area (Å²) in [5.41, 5.74) is 0.494. The highest BCUT2D eigenvalue weighted by molar-refractivity contribution is 7.89. The van der Waals surface area contributed by atoms with E-state index >= 15 is 0 Å². The van der Waals surface area contributed by atoms with E-state index in [2.05, 4.69) is 0 Å². The molecule has 114 valence electrons. The van der Waals surface area contributed by atoms with E-state index in [0.29, 0.717) is 30.2 Å². The highest BCUT2D eigenvalue weighted by Gasteiger charge is 2.32. The molecule has 0 atom stereocenters. The summed E-state index contributed by atoms with van der Waals surface area (Å²) in [7, 11) is -3.53. The molecule has 4 nitrogen and oxygen atoms in total. The Labute approximate surface area is 126 Å². The Balaban J connectivity index is 2.89. The van der Waals surface area contributed by atoms with Gasteiger partial charge >= 0.3 is 0 Å². The fourth-order valence-corrected chi connectivity index (χ4v) is 3.59. The molecule has 0 radical (unpaired) electrons. The third kappa shape index (κ3) is 4.96. The number of benzene rings is 1. The van der Waals surface area contributed by atoms with E-state index in [4.69, 9.17) is 21.5 Å². The van der Waals surface area contributed by atoms with Gasteiger partial charge in [-0.2, -0.15) is 0 Å². The summed E-state index contributed by atoms with van der Waals surface area (Å²) in [4.78, 5) is 0. The summed E-state index contributed by atoms with van der Waals surface area (Å²) in [6, 6.07) is 5.40. The molecule has 0 aliphatic heterocycles. The summed E-state index contributed by atoms with van der Waals surface area (Å²) < 4.78 is 28.6. The Morgan fingerprint density at radius 3 is 2.40 bits per heavy atom. The van der Waals surface area contributed by atoms with Crippen molar-refractivity contribution in [2.75, 3.05) is 12.4 Å². The molecule has 1 aromatic carbocycles. The summed E-state index contributed by atoms with van der Waals surface area (Å²) >= 11 is 5.95. The number of hydrogen-bond donors (Lipinski definition) is 1. The van der Waals surface area contributed by atoms with Crippen molar-refractivity contribution in [2.45, 2.75) is 33.6 Å². The van der Waals surface area contributed by atoms with Crippen LogP contribution in [-0.4, -0.2) is 20.8 Å². The van der Waals surface area contributed by atoms with Crippen LogP contribution in [0, 0.1) is 12.3 Å². The van der Waals surface area contributed by atoms with E-state index in [0.717, 1.165) is 5.56 Å². The molecule has 0 saturated carbocycles. The Bertz CT molecular complexity index is 554. The molecule has 0 amide bonds. The summed E-state index contributed by atoms with van der Waals surface area (Å²) in [5, 5.41) is 5.78. The van der Waals surface area contributed by atoms with E-state index in [1.54, 1.807) is 12.1 Å². The molecule has 0 aliphatic carbocycles. The largest absolute Gasteiger partial charge is 0.493 e. The third-order valence-electron chi connectivity index (χ3n) is 3.69. The lowest BCUT2D eigenvalue weighted by Gasteiger charge is -2.30. The molecule has 0 spiro atoms. The fraction of sp³-hybridized carbons (Fsp3) is 0.571. The molecule has 0 unspecified atom stereocenters. The second-order valence-corrected chi connectivity index (χ2v) is 7.26. The Kier molecular flexibility index (Phi) is 5.86. The number of sulfonamides is 1. The standard InChI is InChI=1S/C14H22ClNO3S/c1-4-14(5-2,10-20(16,17)18)9-19-13-8-12(15)7-6-11(13)3/h6-8H,4-5,9-10H2,1-3H3,(H2,16,17,18). The molecule has 0 fully saturated rings. The molecular formula is C14H22ClNO3S. The van der Waals surface area contributed by atoms with Crippen LogP contribution in [0.2, 0.25) is 5.02 Å². The number of rotatable bonds is 7. The molecule has 0 aliphatic rings. The van der Waals surface area contributed by atoms with Crippen molar-refractivity contribution in [1.29, 1.82) is 0 Å². The van der Waals surface area contributed by atoms with Gasteiger partial charge in [-0.25, -0.2) is 13.6 Å². The number of primary sulfonamides is 1. The van der Waals surface area contributed by atoms with Gasteiger partial charge < -0.3 is 4.74 Å². The normalized spacial score (nSPS) is 12.4. The van der Waals surface area contributed by atoms with Crippen molar-refractivity contribution >= 4 is 21.6 Å². The van der Waals surface area contributed by atoms with Crippen LogP contribution < -0.4 is 9.88 Å². The number of aryl methyl sites for hydroxylation is 1. The predicted molar refractivity (Wildman–Crippen MR) is 82.7 cm³/mol. The van der Waals surface area contributed by atoms with E-state index in [-0.39, 0.29) is 5.75 Å². The van der Waals surface area contributed by atoms with Crippen LogP contribution >= 0.6 is 11.6 Å². The highest BCUT2D eigenvalue weighted by atomic mass is 35.5. The van der Waals surface area contributed by atoms with Gasteiger partial charge in [-0.1, -0.05) is 31.5 Å². The minimum absolute atomic E-state index is 0.0768. The van der Waals surface area contributed by atoms with Gasteiger partial charge in [0.1, 0.15) is 5.75 Å². The smallest absolute Gasteiger partial charge is 0.209 e. The second-order valence-electron chi connectivity index (χ2n) is 5.21. The van der Waals surface area contributed by atoms with E-state index < -0.39 is 15.4 Å². The van der Waals surface area contributed by atoms with Gasteiger partial charge in [-0.3, -0.25) is 0 Å². The average molecular weight is 320 g/mol. The van der Waals surface area contributed by atoms with Crippen molar-refractivity contribution in [1.82, 2.24) is 0 Å². The van der Waals surface area contributed by atoms with Gasteiger partial charge in [0.2, 0.25) is 10.0 Å². The minimum Gasteiger partial charge on any atom is -0.493 e. The molecule has 20 heavy (non-hydrogen) atoms. The molecule has 0 heterocycles. The molecular weight excluding hydrogens is 298 g/mol.